The normalized spacial score (nSPS) is 21.6. The number of carbonyl (C=O) groups is 3. The average Bonchev–Trinajstić information content (AvgIpc) is 2.46. The Balaban J connectivity index is 2.12. The molecule has 7 nitrogen and oxygen atoms in total. The monoisotopic (exact) mass is 297 g/mol. The SMILES string of the molecule is CN(C(=O)N1CCNC(=O)C1)C1(CC(=O)O)CCCCC1. The van der Waals surface area contributed by atoms with E-state index in [1.54, 1.807) is 11.9 Å². The molecule has 7 heteroatoms. The van der Waals surface area contributed by atoms with Crippen molar-refractivity contribution in [1.29, 1.82) is 0 Å². The van der Waals surface area contributed by atoms with Crippen molar-refractivity contribution in [3.63, 3.8) is 0 Å². The molecule has 0 radical (unpaired) electrons. The Morgan fingerprint density at radius 2 is 2.00 bits per heavy atom. The first-order chi connectivity index (χ1) is 9.94. The molecule has 0 spiro atoms. The predicted octanol–water partition coefficient (Wildman–Crippen LogP) is 0.648. The summed E-state index contributed by atoms with van der Waals surface area (Å²) in [7, 11) is 1.67. The van der Waals surface area contributed by atoms with E-state index in [1.165, 1.54) is 4.90 Å². The Morgan fingerprint density at radius 1 is 1.33 bits per heavy atom. The number of amides is 3. The molecule has 21 heavy (non-hydrogen) atoms. The van der Waals surface area contributed by atoms with Gasteiger partial charge in [-0.1, -0.05) is 19.3 Å². The van der Waals surface area contributed by atoms with Gasteiger partial charge in [0.1, 0.15) is 6.54 Å². The van der Waals surface area contributed by atoms with E-state index in [0.29, 0.717) is 25.9 Å². The molecule has 2 fully saturated rings. The lowest BCUT2D eigenvalue weighted by Crippen LogP contribution is -2.59. The van der Waals surface area contributed by atoms with Gasteiger partial charge in [0.25, 0.3) is 0 Å². The fourth-order valence-electron chi connectivity index (χ4n) is 3.34. The highest BCUT2D eigenvalue weighted by atomic mass is 16.4. The molecule has 1 saturated carbocycles. The summed E-state index contributed by atoms with van der Waals surface area (Å²) in [4.78, 5) is 38.3. The number of carboxylic acids is 1. The average molecular weight is 297 g/mol. The summed E-state index contributed by atoms with van der Waals surface area (Å²) < 4.78 is 0. The lowest BCUT2D eigenvalue weighted by atomic mass is 9.78. The number of piperazine rings is 1. The van der Waals surface area contributed by atoms with Gasteiger partial charge in [-0.05, 0) is 12.8 Å². The summed E-state index contributed by atoms with van der Waals surface area (Å²) in [6, 6.07) is -0.243. The van der Waals surface area contributed by atoms with Gasteiger partial charge in [0.15, 0.2) is 0 Å². The number of rotatable bonds is 3. The third-order valence-electron chi connectivity index (χ3n) is 4.57. The van der Waals surface area contributed by atoms with E-state index in [2.05, 4.69) is 5.32 Å². The molecule has 1 saturated heterocycles. The maximum absolute atomic E-state index is 12.6. The van der Waals surface area contributed by atoms with Crippen LogP contribution in [0.5, 0.6) is 0 Å². The predicted molar refractivity (Wildman–Crippen MR) is 75.8 cm³/mol. The third kappa shape index (κ3) is 3.46. The molecule has 0 bridgehead atoms. The first kappa shape index (κ1) is 15.6. The Bertz CT molecular complexity index is 432. The zero-order chi connectivity index (χ0) is 15.5. The van der Waals surface area contributed by atoms with Crippen LogP contribution in [0.25, 0.3) is 0 Å². The highest BCUT2D eigenvalue weighted by molar-refractivity contribution is 5.85. The summed E-state index contributed by atoms with van der Waals surface area (Å²) in [5, 5.41) is 11.9. The van der Waals surface area contributed by atoms with Crippen molar-refractivity contribution in [3.05, 3.63) is 0 Å². The van der Waals surface area contributed by atoms with Crippen molar-refractivity contribution in [1.82, 2.24) is 15.1 Å². The van der Waals surface area contributed by atoms with Crippen LogP contribution in [0.15, 0.2) is 0 Å². The van der Waals surface area contributed by atoms with Crippen LogP contribution < -0.4 is 5.32 Å². The van der Waals surface area contributed by atoms with E-state index in [0.717, 1.165) is 19.3 Å². The number of urea groups is 1. The number of hydrogen-bond donors (Lipinski definition) is 2. The van der Waals surface area contributed by atoms with Crippen LogP contribution in [0.1, 0.15) is 38.5 Å². The van der Waals surface area contributed by atoms with Gasteiger partial charge < -0.3 is 20.2 Å². The maximum atomic E-state index is 12.6. The van der Waals surface area contributed by atoms with Crippen LogP contribution in [0.3, 0.4) is 0 Å². The van der Waals surface area contributed by atoms with Crippen molar-refractivity contribution in [3.8, 4) is 0 Å². The van der Waals surface area contributed by atoms with Gasteiger partial charge in [-0.3, -0.25) is 9.59 Å². The summed E-state index contributed by atoms with van der Waals surface area (Å²) in [5.41, 5.74) is -0.616. The van der Waals surface area contributed by atoms with Crippen molar-refractivity contribution in [2.75, 3.05) is 26.7 Å². The Morgan fingerprint density at radius 3 is 2.57 bits per heavy atom. The number of hydrogen-bond acceptors (Lipinski definition) is 3. The number of aliphatic carboxylic acids is 1. The molecule has 0 aromatic rings. The number of nitrogens with one attached hydrogen (secondary N) is 1. The molecule has 2 N–H and O–H groups in total. The second kappa shape index (κ2) is 6.32. The molecule has 1 heterocycles. The van der Waals surface area contributed by atoms with E-state index in [9.17, 15) is 19.5 Å². The summed E-state index contributed by atoms with van der Waals surface area (Å²) in [6.07, 6.45) is 4.34. The minimum atomic E-state index is -0.882. The molecular weight excluding hydrogens is 274 g/mol. The fraction of sp³-hybridized carbons (Fsp3) is 0.786. The first-order valence-electron chi connectivity index (χ1n) is 7.46. The molecule has 118 valence electrons. The molecule has 2 rings (SSSR count). The van der Waals surface area contributed by atoms with Gasteiger partial charge in [-0.2, -0.15) is 0 Å². The van der Waals surface area contributed by atoms with Gasteiger partial charge in [0.05, 0.1) is 12.0 Å². The van der Waals surface area contributed by atoms with Crippen LogP contribution in [-0.2, 0) is 9.59 Å². The smallest absolute Gasteiger partial charge is 0.320 e. The van der Waals surface area contributed by atoms with E-state index >= 15 is 0 Å². The lowest BCUT2D eigenvalue weighted by Gasteiger charge is -2.45. The zero-order valence-corrected chi connectivity index (χ0v) is 12.4. The lowest BCUT2D eigenvalue weighted by molar-refractivity contribution is -0.140. The topological polar surface area (TPSA) is 90.0 Å². The fourth-order valence-corrected chi connectivity index (χ4v) is 3.34. The Kier molecular flexibility index (Phi) is 4.69. The number of carboxylic acid groups (broad SMARTS) is 1. The van der Waals surface area contributed by atoms with E-state index < -0.39 is 11.5 Å². The molecule has 0 atom stereocenters. The zero-order valence-electron chi connectivity index (χ0n) is 12.4. The largest absolute Gasteiger partial charge is 0.481 e. The van der Waals surface area contributed by atoms with Crippen LogP contribution in [-0.4, -0.2) is 65.0 Å². The van der Waals surface area contributed by atoms with Crippen molar-refractivity contribution in [2.45, 2.75) is 44.1 Å². The highest BCUT2D eigenvalue weighted by Crippen LogP contribution is 2.36. The van der Waals surface area contributed by atoms with Gasteiger partial charge in [-0.15, -0.1) is 0 Å². The second-order valence-electron chi connectivity index (χ2n) is 5.97. The van der Waals surface area contributed by atoms with Crippen molar-refractivity contribution < 1.29 is 19.5 Å². The first-order valence-corrected chi connectivity index (χ1v) is 7.46. The quantitative estimate of drug-likeness (QED) is 0.800. The minimum absolute atomic E-state index is 0.0325. The van der Waals surface area contributed by atoms with Crippen LogP contribution in [0, 0.1) is 0 Å². The van der Waals surface area contributed by atoms with Gasteiger partial charge in [-0.25, -0.2) is 4.79 Å². The van der Waals surface area contributed by atoms with E-state index in [4.69, 9.17) is 0 Å². The molecule has 0 aromatic carbocycles. The molecule has 2 aliphatic rings. The van der Waals surface area contributed by atoms with E-state index in [1.807, 2.05) is 0 Å². The van der Waals surface area contributed by atoms with Gasteiger partial charge in [0, 0.05) is 20.1 Å². The second-order valence-corrected chi connectivity index (χ2v) is 5.97. The molecule has 3 amide bonds. The van der Waals surface area contributed by atoms with Crippen LogP contribution in [0.4, 0.5) is 4.79 Å². The van der Waals surface area contributed by atoms with Gasteiger partial charge >= 0.3 is 12.0 Å². The molecule has 0 aromatic heterocycles. The maximum Gasteiger partial charge on any atom is 0.320 e. The standard InChI is InChI=1S/C14H23N3O4/c1-16(13(21)17-8-7-15-11(18)10-17)14(9-12(19)20)5-3-2-4-6-14/h2-10H2,1H3,(H,15,18)(H,19,20). The Hall–Kier alpha value is -1.79. The summed E-state index contributed by atoms with van der Waals surface area (Å²) in [6.45, 7) is 0.967. The third-order valence-corrected chi connectivity index (χ3v) is 4.57. The Labute approximate surface area is 124 Å². The molecule has 0 unspecified atom stereocenters. The van der Waals surface area contributed by atoms with Crippen molar-refractivity contribution >= 4 is 17.9 Å². The van der Waals surface area contributed by atoms with Gasteiger partial charge in [0.2, 0.25) is 5.91 Å². The number of nitrogens with zero attached hydrogens (tertiary/aromatic N) is 2. The minimum Gasteiger partial charge on any atom is -0.481 e. The van der Waals surface area contributed by atoms with E-state index in [-0.39, 0.29) is 24.9 Å². The molecular formula is C14H23N3O4. The molecule has 1 aliphatic carbocycles. The highest BCUT2D eigenvalue weighted by Gasteiger charge is 2.42. The van der Waals surface area contributed by atoms with Crippen LogP contribution in [0.2, 0.25) is 0 Å². The summed E-state index contributed by atoms with van der Waals surface area (Å²) in [5.74, 6) is -1.05. The number of carbonyl (C=O) groups excluding carboxylic acids is 2. The summed E-state index contributed by atoms with van der Waals surface area (Å²) >= 11 is 0. The van der Waals surface area contributed by atoms with Crippen LogP contribution >= 0.6 is 0 Å². The molecule has 1 aliphatic heterocycles. The van der Waals surface area contributed by atoms with Crippen molar-refractivity contribution in [2.24, 2.45) is 0 Å².